The predicted molar refractivity (Wildman–Crippen MR) is 136 cm³/mol. The normalized spacial score (nSPS) is 17.3. The topological polar surface area (TPSA) is 87.1 Å². The highest BCUT2D eigenvalue weighted by atomic mass is 19.4. The molecule has 0 saturated carbocycles. The number of phenolic OH excluding ortho intramolecular Hbond substituents is 1. The maximum Gasteiger partial charge on any atom is 0.416 e. The van der Waals surface area contributed by atoms with Gasteiger partial charge in [-0.2, -0.15) is 13.2 Å². The Balaban J connectivity index is 1.90. The number of aromatic hydroxyl groups is 1. The molecule has 3 aromatic carbocycles. The van der Waals surface area contributed by atoms with E-state index in [2.05, 4.69) is 0 Å². The number of aliphatic hydroxyl groups excluding tert-OH is 1. The number of alkyl halides is 3. The lowest BCUT2D eigenvalue weighted by molar-refractivity contribution is -0.137. The number of nitrogens with zero attached hydrogens (tertiary/aromatic N) is 1. The average Bonchev–Trinajstić information content (AvgIpc) is 3.14. The number of aliphatic hydroxyl groups is 1. The number of amides is 1. The van der Waals surface area contributed by atoms with Crippen LogP contribution in [0.5, 0.6) is 11.5 Å². The zero-order chi connectivity index (χ0) is 27.8. The summed E-state index contributed by atoms with van der Waals surface area (Å²) in [6.07, 6.45) is -4.58. The molecule has 1 aliphatic heterocycles. The van der Waals surface area contributed by atoms with Crippen LogP contribution in [0, 0.1) is 0 Å². The summed E-state index contributed by atoms with van der Waals surface area (Å²) in [5.41, 5.74) is 0.361. The quantitative estimate of drug-likeness (QED) is 0.216. The molecule has 4 rings (SSSR count). The van der Waals surface area contributed by atoms with Gasteiger partial charge in [0.1, 0.15) is 17.3 Å². The monoisotopic (exact) mass is 525 g/mol. The van der Waals surface area contributed by atoms with Gasteiger partial charge in [0.15, 0.2) is 0 Å². The number of hydrogen-bond acceptors (Lipinski definition) is 5. The first-order chi connectivity index (χ1) is 17.9. The Kier molecular flexibility index (Phi) is 7.22. The van der Waals surface area contributed by atoms with Crippen molar-refractivity contribution in [2.24, 2.45) is 0 Å². The second kappa shape index (κ2) is 10.2. The van der Waals surface area contributed by atoms with Crippen LogP contribution in [0.4, 0.5) is 18.9 Å². The molecule has 6 nitrogen and oxygen atoms in total. The van der Waals surface area contributed by atoms with Crippen molar-refractivity contribution in [3.8, 4) is 11.5 Å². The molecule has 1 aliphatic rings. The van der Waals surface area contributed by atoms with Crippen LogP contribution < -0.4 is 9.64 Å². The molecule has 9 heteroatoms. The Morgan fingerprint density at radius 2 is 1.63 bits per heavy atom. The molecule has 0 radical (unpaired) electrons. The molecule has 1 amide bonds. The molecular formula is C29H26F3NO5. The largest absolute Gasteiger partial charge is 0.508 e. The molecule has 1 unspecified atom stereocenters. The second-order valence-electron chi connectivity index (χ2n) is 9.15. The Labute approximate surface area is 217 Å². The minimum atomic E-state index is -4.58. The molecule has 0 spiro atoms. The van der Waals surface area contributed by atoms with Gasteiger partial charge in [-0.3, -0.25) is 14.5 Å². The third kappa shape index (κ3) is 4.96. The lowest BCUT2D eigenvalue weighted by atomic mass is 9.93. The number of ketones is 1. The molecule has 0 aromatic heterocycles. The lowest BCUT2D eigenvalue weighted by Gasteiger charge is -2.26. The van der Waals surface area contributed by atoms with Crippen LogP contribution in [0.3, 0.4) is 0 Å². The summed E-state index contributed by atoms with van der Waals surface area (Å²) in [7, 11) is 0. The third-order valence-corrected chi connectivity index (χ3v) is 6.33. The van der Waals surface area contributed by atoms with E-state index in [-0.39, 0.29) is 28.5 Å². The molecule has 2 N–H and O–H groups in total. The van der Waals surface area contributed by atoms with Crippen molar-refractivity contribution < 1.29 is 37.7 Å². The lowest BCUT2D eigenvalue weighted by Crippen LogP contribution is -2.29. The summed E-state index contributed by atoms with van der Waals surface area (Å²) < 4.78 is 45.1. The third-order valence-electron chi connectivity index (χ3n) is 6.33. The van der Waals surface area contributed by atoms with Gasteiger partial charge in [-0.25, -0.2) is 0 Å². The minimum absolute atomic E-state index is 0.0201. The molecule has 1 fully saturated rings. The van der Waals surface area contributed by atoms with Crippen LogP contribution in [0.1, 0.15) is 55.0 Å². The smallest absolute Gasteiger partial charge is 0.416 e. The molecular weight excluding hydrogens is 499 g/mol. The Morgan fingerprint density at radius 3 is 2.18 bits per heavy atom. The van der Waals surface area contributed by atoms with E-state index in [0.717, 1.165) is 34.7 Å². The maximum atomic E-state index is 13.3. The van der Waals surface area contributed by atoms with Crippen molar-refractivity contribution in [1.29, 1.82) is 0 Å². The van der Waals surface area contributed by atoms with Gasteiger partial charge in [0.05, 0.1) is 23.8 Å². The predicted octanol–water partition coefficient (Wildman–Crippen LogP) is 6.56. The van der Waals surface area contributed by atoms with Crippen LogP contribution in [0.25, 0.3) is 5.76 Å². The first-order valence-corrected chi connectivity index (χ1v) is 12.0. The van der Waals surface area contributed by atoms with E-state index in [1.165, 1.54) is 24.3 Å². The Bertz CT molecular complexity index is 1390. The van der Waals surface area contributed by atoms with Gasteiger partial charge in [0.25, 0.3) is 11.7 Å². The van der Waals surface area contributed by atoms with Crippen molar-refractivity contribution in [2.45, 2.75) is 38.9 Å². The summed E-state index contributed by atoms with van der Waals surface area (Å²) in [5.74, 6) is -1.83. The van der Waals surface area contributed by atoms with Crippen LogP contribution in [0.2, 0.25) is 0 Å². The second-order valence-corrected chi connectivity index (χ2v) is 9.15. The van der Waals surface area contributed by atoms with Crippen molar-refractivity contribution >= 4 is 23.1 Å². The number of hydrogen-bond donors (Lipinski definition) is 2. The van der Waals surface area contributed by atoms with Crippen LogP contribution in [0.15, 0.2) is 72.3 Å². The minimum Gasteiger partial charge on any atom is -0.508 e. The number of carbonyl (C=O) groups is 2. The first-order valence-electron chi connectivity index (χ1n) is 12.0. The van der Waals surface area contributed by atoms with Gasteiger partial charge in [0, 0.05) is 11.3 Å². The van der Waals surface area contributed by atoms with E-state index in [9.17, 15) is 33.0 Å². The molecule has 3 aromatic rings. The number of ether oxygens (including phenoxy) is 1. The van der Waals surface area contributed by atoms with E-state index in [1.807, 2.05) is 20.8 Å². The van der Waals surface area contributed by atoms with E-state index in [1.54, 1.807) is 18.2 Å². The molecule has 0 bridgehead atoms. The van der Waals surface area contributed by atoms with Gasteiger partial charge in [-0.15, -0.1) is 0 Å². The molecule has 1 atom stereocenters. The summed E-state index contributed by atoms with van der Waals surface area (Å²) >= 11 is 0. The number of phenols is 1. The summed E-state index contributed by atoms with van der Waals surface area (Å²) in [4.78, 5) is 27.6. The number of rotatable bonds is 6. The molecule has 0 aliphatic carbocycles. The van der Waals surface area contributed by atoms with Gasteiger partial charge in [0.2, 0.25) is 0 Å². The zero-order valence-corrected chi connectivity index (χ0v) is 20.9. The number of anilines is 1. The van der Waals surface area contributed by atoms with Crippen molar-refractivity contribution in [2.75, 3.05) is 11.5 Å². The number of carbonyl (C=O) groups excluding carboxylic acids is 2. The number of Topliss-reactive ketones (excluding diaryl/α,β-unsaturated/α-hetero) is 1. The van der Waals surface area contributed by atoms with Crippen LogP contribution in [-0.4, -0.2) is 28.5 Å². The summed E-state index contributed by atoms with van der Waals surface area (Å²) in [6.45, 7) is 6.17. The van der Waals surface area contributed by atoms with Gasteiger partial charge < -0.3 is 14.9 Å². The highest BCUT2D eigenvalue weighted by molar-refractivity contribution is 6.51. The average molecular weight is 526 g/mol. The first kappa shape index (κ1) is 26.8. The van der Waals surface area contributed by atoms with Gasteiger partial charge in [-0.05, 0) is 78.6 Å². The summed E-state index contributed by atoms with van der Waals surface area (Å²) in [6, 6.07) is 13.3. The molecule has 38 heavy (non-hydrogen) atoms. The van der Waals surface area contributed by atoms with Crippen molar-refractivity contribution in [3.63, 3.8) is 0 Å². The van der Waals surface area contributed by atoms with Crippen molar-refractivity contribution in [3.05, 3.63) is 94.6 Å². The molecule has 1 saturated heterocycles. The number of benzene rings is 3. The Morgan fingerprint density at radius 1 is 1.00 bits per heavy atom. The fourth-order valence-corrected chi connectivity index (χ4v) is 4.47. The highest BCUT2D eigenvalue weighted by Crippen LogP contribution is 2.43. The van der Waals surface area contributed by atoms with Crippen LogP contribution in [-0.2, 0) is 15.8 Å². The highest BCUT2D eigenvalue weighted by Gasteiger charge is 2.47. The molecule has 1 heterocycles. The fraction of sp³-hybridized carbons (Fsp3) is 0.241. The van der Waals surface area contributed by atoms with E-state index in [0.29, 0.717) is 17.9 Å². The standard InChI is InChI=1S/C29H26F3NO5/c1-4-38-23-14-7-18(15-22(23)16(2)3)26(35)24-25(17-5-12-21(34)13-6-17)33(28(37)27(24)36)20-10-8-19(9-11-20)29(30,31)32/h5-16,25,34-35H,4H2,1-3H3/b26-24-. The molecule has 198 valence electrons. The van der Waals surface area contributed by atoms with E-state index >= 15 is 0 Å². The Hall–Kier alpha value is -4.27. The SMILES string of the molecule is CCOc1ccc(/C(O)=C2/C(=O)C(=O)N(c3ccc(C(F)(F)F)cc3)C2c2ccc(O)cc2)cc1C(C)C. The van der Waals surface area contributed by atoms with Gasteiger partial charge >= 0.3 is 6.18 Å². The fourth-order valence-electron chi connectivity index (χ4n) is 4.47. The zero-order valence-electron chi connectivity index (χ0n) is 20.9. The van der Waals surface area contributed by atoms with E-state index < -0.39 is 35.2 Å². The number of halogens is 3. The maximum absolute atomic E-state index is 13.3. The van der Waals surface area contributed by atoms with Crippen LogP contribution >= 0.6 is 0 Å². The summed E-state index contributed by atoms with van der Waals surface area (Å²) in [5, 5.41) is 21.1. The van der Waals surface area contributed by atoms with E-state index in [4.69, 9.17) is 4.74 Å². The van der Waals surface area contributed by atoms with Crippen molar-refractivity contribution in [1.82, 2.24) is 0 Å². The van der Waals surface area contributed by atoms with Gasteiger partial charge in [-0.1, -0.05) is 26.0 Å².